The molecule has 3 saturated heterocycles. The number of methoxy groups -OCH3 is 1. The number of hydrogen-bond acceptors (Lipinski definition) is 17. The summed E-state index contributed by atoms with van der Waals surface area (Å²) in [6.45, 7) is 13.4. The topological polar surface area (TPSA) is 219 Å². The number of rotatable bonds is 11. The van der Waals surface area contributed by atoms with E-state index < -0.39 is 18.3 Å². The molecule has 3 fully saturated rings. The molecule has 8 aromatic rings. The highest BCUT2D eigenvalue weighted by Gasteiger charge is 2.52. The largest absolute Gasteiger partial charge is 0.494 e. The Morgan fingerprint density at radius 2 is 1.17 bits per heavy atom. The molecule has 19 nitrogen and oxygen atoms in total. The van der Waals surface area contributed by atoms with E-state index in [4.69, 9.17) is 44.0 Å². The molecule has 81 heavy (non-hydrogen) atoms. The van der Waals surface area contributed by atoms with Crippen molar-refractivity contribution in [1.82, 2.24) is 39.5 Å². The lowest BCUT2D eigenvalue weighted by molar-refractivity contribution is 0.00578. The summed E-state index contributed by atoms with van der Waals surface area (Å²) >= 11 is 6.09. The van der Waals surface area contributed by atoms with Gasteiger partial charge in [0.2, 0.25) is 0 Å². The number of nitriles is 2. The molecule has 0 spiro atoms. The van der Waals surface area contributed by atoms with Gasteiger partial charge in [-0.15, -0.1) is 0 Å². The summed E-state index contributed by atoms with van der Waals surface area (Å²) in [6.07, 6.45) is 6.63. The van der Waals surface area contributed by atoms with E-state index in [-0.39, 0.29) is 24.0 Å². The monoisotopic (exact) mass is 1110 g/mol. The first-order valence-corrected chi connectivity index (χ1v) is 26.5. The van der Waals surface area contributed by atoms with E-state index in [9.17, 15) is 20.1 Å². The molecule has 2 amide bonds. The Balaban J connectivity index is 0.000000154. The maximum atomic E-state index is 12.3. The fraction of sp³-hybridized carbons (Fsp3) is 0.333. The first-order chi connectivity index (χ1) is 38.6. The molecule has 3 aliphatic heterocycles. The number of hydrogen-bond donors (Lipinski definition) is 0. The van der Waals surface area contributed by atoms with Crippen LogP contribution in [0.15, 0.2) is 106 Å². The van der Waals surface area contributed by atoms with Gasteiger partial charge in [-0.3, -0.25) is 34.3 Å². The van der Waals surface area contributed by atoms with Crippen LogP contribution in [0.4, 0.5) is 0 Å². The fourth-order valence-electron chi connectivity index (χ4n) is 9.22. The average Bonchev–Trinajstić information content (AvgIpc) is 4.10. The maximum absolute atomic E-state index is 12.3. The van der Waals surface area contributed by atoms with Crippen molar-refractivity contribution in [3.63, 3.8) is 0 Å². The Morgan fingerprint density at radius 1 is 0.667 bits per heavy atom. The second kappa shape index (κ2) is 23.4. The van der Waals surface area contributed by atoms with Gasteiger partial charge in [0.1, 0.15) is 64.0 Å². The van der Waals surface area contributed by atoms with Crippen molar-refractivity contribution in [3.05, 3.63) is 130 Å². The van der Waals surface area contributed by atoms with Crippen LogP contribution in [0.3, 0.4) is 0 Å². The summed E-state index contributed by atoms with van der Waals surface area (Å²) < 4.78 is 41.5. The summed E-state index contributed by atoms with van der Waals surface area (Å²) in [5.41, 5.74) is 7.98. The summed E-state index contributed by atoms with van der Waals surface area (Å²) in [5.74, 6) is 2.40. The molecule has 0 N–H and O–H groups in total. The van der Waals surface area contributed by atoms with Crippen molar-refractivity contribution in [2.45, 2.75) is 58.0 Å². The van der Waals surface area contributed by atoms with E-state index in [1.54, 1.807) is 89.2 Å². The van der Waals surface area contributed by atoms with Gasteiger partial charge < -0.3 is 42.2 Å². The number of halogens is 1. The third kappa shape index (κ3) is 12.2. The van der Waals surface area contributed by atoms with Crippen LogP contribution in [0.25, 0.3) is 56.2 Å². The quantitative estimate of drug-likeness (QED) is 0.110. The second-order valence-corrected chi connectivity index (χ2v) is 22.0. The van der Waals surface area contributed by atoms with Gasteiger partial charge in [0.05, 0.1) is 45.6 Å². The minimum absolute atomic E-state index is 0.0866. The first kappa shape index (κ1) is 57.3. The second-order valence-electron chi connectivity index (χ2n) is 21.6. The van der Waals surface area contributed by atoms with Gasteiger partial charge in [-0.25, -0.2) is 4.98 Å². The number of carbonyl (C=O) groups excluding carboxylic acids is 2. The van der Waals surface area contributed by atoms with Crippen LogP contribution in [-0.4, -0.2) is 157 Å². The molecular formula is C60H62BClN10O9. The molecule has 11 rings (SSSR count). The molecule has 21 heteroatoms. The fourth-order valence-corrected chi connectivity index (χ4v) is 9.41. The molecule has 0 unspecified atom stereocenters. The summed E-state index contributed by atoms with van der Waals surface area (Å²) in [6, 6.07) is 26.1. The van der Waals surface area contributed by atoms with Crippen molar-refractivity contribution in [3.8, 4) is 63.4 Å². The van der Waals surface area contributed by atoms with Gasteiger partial charge in [0, 0.05) is 96.9 Å². The Morgan fingerprint density at radius 3 is 1.70 bits per heavy atom. The minimum Gasteiger partial charge on any atom is -0.494 e. The van der Waals surface area contributed by atoms with E-state index in [0.717, 1.165) is 48.3 Å². The molecule has 0 aliphatic carbocycles. The number of likely N-dealkylation sites (tertiary alicyclic amines) is 2. The lowest BCUT2D eigenvalue weighted by Gasteiger charge is -2.36. The van der Waals surface area contributed by atoms with Crippen LogP contribution in [0.1, 0.15) is 65.1 Å². The zero-order valence-electron chi connectivity index (χ0n) is 47.3. The Kier molecular flexibility index (Phi) is 16.5. The van der Waals surface area contributed by atoms with Crippen molar-refractivity contribution < 1.29 is 41.9 Å². The smallest absolute Gasteiger partial charge is 0.494 e. The third-order valence-electron chi connectivity index (χ3n) is 14.4. The van der Waals surface area contributed by atoms with Crippen LogP contribution in [0.2, 0.25) is 5.02 Å². The van der Waals surface area contributed by atoms with Gasteiger partial charge in [-0.1, -0.05) is 23.7 Å². The van der Waals surface area contributed by atoms with E-state index in [2.05, 4.69) is 41.9 Å². The highest BCUT2D eigenvalue weighted by atomic mass is 35.5. The average molecular weight is 1110 g/mol. The molecule has 0 saturated carbocycles. The van der Waals surface area contributed by atoms with Crippen LogP contribution in [0, 0.1) is 29.6 Å². The zero-order chi connectivity index (χ0) is 58.1. The number of nitrogens with zero attached hydrogens (tertiary/aromatic N) is 10. The first-order valence-electron chi connectivity index (χ1n) is 26.1. The lowest BCUT2D eigenvalue weighted by Crippen LogP contribution is -2.51. The minimum atomic E-state index is -0.462. The Bertz CT molecular complexity index is 3750. The number of fused-ring (bicyclic) bond motifs is 2. The number of likely N-dealkylation sites (N-methyl/N-ethyl adjacent to an activating group) is 2. The highest BCUT2D eigenvalue weighted by Crippen LogP contribution is 2.39. The normalized spacial score (nSPS) is 15.7. The number of aryl methyl sites for hydroxylation is 1. The van der Waals surface area contributed by atoms with Crippen molar-refractivity contribution >= 4 is 58.2 Å². The number of aromatic nitrogens is 4. The van der Waals surface area contributed by atoms with E-state index in [0.29, 0.717) is 89.6 Å². The summed E-state index contributed by atoms with van der Waals surface area (Å²) in [4.78, 5) is 49.1. The van der Waals surface area contributed by atoms with Crippen molar-refractivity contribution in [2.24, 2.45) is 0 Å². The van der Waals surface area contributed by atoms with Gasteiger partial charge in [-0.2, -0.15) is 10.5 Å². The molecular weight excluding hydrogens is 1050 g/mol. The number of benzene rings is 2. The van der Waals surface area contributed by atoms with Gasteiger partial charge in [-0.05, 0) is 114 Å². The van der Waals surface area contributed by atoms with Gasteiger partial charge >= 0.3 is 7.12 Å². The molecule has 2 aromatic carbocycles. The van der Waals surface area contributed by atoms with Crippen molar-refractivity contribution in [2.75, 3.05) is 75.6 Å². The SMILES string of the molecule is CN1CC(Oc2ccc(B3OC(C)(C)C(C)(C)O3)cc2C#N)C1.COc1cc(C(=O)N(C)C)cnc1-c1cc2nccc(-c3ccc(OC4CN(C)C4)c(C#N)c3)c2o1.Cc1cc(C(=O)N(C)C)cnc1-c1cc2nccc(Cl)c2o1. The molecule has 6 aromatic heterocycles. The number of ether oxygens (including phenoxy) is 3. The van der Waals surface area contributed by atoms with Crippen LogP contribution < -0.4 is 19.7 Å². The predicted molar refractivity (Wildman–Crippen MR) is 308 cm³/mol. The molecule has 3 aliphatic rings. The van der Waals surface area contributed by atoms with E-state index in [1.165, 1.54) is 23.1 Å². The van der Waals surface area contributed by atoms with Gasteiger partial charge in [0.25, 0.3) is 11.8 Å². The van der Waals surface area contributed by atoms with E-state index >= 15 is 0 Å². The summed E-state index contributed by atoms with van der Waals surface area (Å²) in [5, 5.41) is 19.7. The predicted octanol–water partition coefficient (Wildman–Crippen LogP) is 8.94. The third-order valence-corrected chi connectivity index (χ3v) is 14.7. The Labute approximate surface area is 475 Å². The van der Waals surface area contributed by atoms with Crippen LogP contribution in [0.5, 0.6) is 17.2 Å². The standard InChI is InChI=1S/C27H25N5O4.C17H23BN2O3.C16H14ClN3O2/c1-31(2)27(33)18-10-23(34-4)25(30-13-18)24-11-21-26(36-24)20(7-8-29-21)16-5-6-22(17(9-16)12-28)35-19-14-32(3)15-19;1-16(2)17(3,4)23-18(22-16)13-6-7-15(12(8-13)9-19)21-14-10-20(5)11-14;1-9-6-10(16(21)20(2)3)8-19-14(9)13-7-12-15(22-13)11(17)4-5-18-12/h5-11,13,19H,14-15H2,1-4H3;6-8,14H,10-11H2,1-5H3;4-8H,1-3H3. The molecule has 0 bridgehead atoms. The van der Waals surface area contributed by atoms with E-state index in [1.807, 2.05) is 79.0 Å². The number of amides is 2. The molecule has 0 atom stereocenters. The highest BCUT2D eigenvalue weighted by molar-refractivity contribution is 6.62. The Hall–Kier alpha value is -8.37. The zero-order valence-corrected chi connectivity index (χ0v) is 48.1. The molecule has 0 radical (unpaired) electrons. The van der Waals surface area contributed by atoms with Crippen molar-refractivity contribution in [1.29, 1.82) is 10.5 Å². The van der Waals surface area contributed by atoms with Gasteiger partial charge in [0.15, 0.2) is 22.7 Å². The number of furan rings is 2. The summed E-state index contributed by atoms with van der Waals surface area (Å²) in [7, 11) is 11.9. The molecule has 416 valence electrons. The lowest BCUT2D eigenvalue weighted by atomic mass is 9.78. The number of pyridine rings is 4. The molecule has 9 heterocycles. The number of carbonyl (C=O) groups is 2. The van der Waals surface area contributed by atoms with Crippen LogP contribution in [-0.2, 0) is 9.31 Å². The maximum Gasteiger partial charge on any atom is 0.494 e. The van der Waals surface area contributed by atoms with Crippen LogP contribution >= 0.6 is 11.6 Å².